The monoisotopic (exact) mass is 284 g/mol. The average molecular weight is 284 g/mol. The van der Waals surface area contributed by atoms with E-state index in [1.54, 1.807) is 0 Å². The molecule has 2 aromatic carbocycles. The summed E-state index contributed by atoms with van der Waals surface area (Å²) in [4.78, 5) is 14.6. The molecule has 0 fully saturated rings. The van der Waals surface area contributed by atoms with E-state index in [9.17, 15) is 15.2 Å². The van der Waals surface area contributed by atoms with Crippen LogP contribution in [-0.2, 0) is 0 Å². The number of nitrogens with zero attached hydrogens (tertiary/aromatic N) is 2. The van der Waals surface area contributed by atoms with Crippen LogP contribution in [0.2, 0.25) is 0 Å². The Balaban J connectivity index is 2.42. The highest BCUT2D eigenvalue weighted by atomic mass is 16.6. The van der Waals surface area contributed by atoms with Crippen LogP contribution in [0.1, 0.15) is 22.3 Å². The number of nitro benzene ring substituents is 1. The van der Waals surface area contributed by atoms with Crippen molar-refractivity contribution in [3.8, 4) is 5.75 Å². The highest BCUT2D eigenvalue weighted by Crippen LogP contribution is 2.26. The fourth-order valence-electron chi connectivity index (χ4n) is 2.27. The lowest BCUT2D eigenvalue weighted by atomic mass is 10.1. The number of nitro groups is 1. The van der Waals surface area contributed by atoms with Crippen LogP contribution in [-0.4, -0.2) is 16.2 Å². The van der Waals surface area contributed by atoms with Gasteiger partial charge in [-0.1, -0.05) is 17.7 Å². The molecule has 0 bridgehead atoms. The van der Waals surface area contributed by atoms with Gasteiger partial charge in [0, 0.05) is 23.9 Å². The van der Waals surface area contributed by atoms with E-state index in [1.165, 1.54) is 24.4 Å². The lowest BCUT2D eigenvalue weighted by Crippen LogP contribution is -1.91. The molecule has 0 spiro atoms. The van der Waals surface area contributed by atoms with E-state index in [-0.39, 0.29) is 11.4 Å². The molecule has 0 saturated carbocycles. The van der Waals surface area contributed by atoms with Gasteiger partial charge in [-0.2, -0.15) is 0 Å². The molecule has 0 saturated heterocycles. The zero-order valence-electron chi connectivity index (χ0n) is 12.1. The molecule has 2 rings (SSSR count). The van der Waals surface area contributed by atoms with Crippen LogP contribution in [0.3, 0.4) is 0 Å². The third kappa shape index (κ3) is 3.25. The highest BCUT2D eigenvalue weighted by Gasteiger charge is 2.09. The van der Waals surface area contributed by atoms with Gasteiger partial charge >= 0.3 is 0 Å². The lowest BCUT2D eigenvalue weighted by Gasteiger charge is -2.06. The number of aromatic hydroxyl groups is 1. The van der Waals surface area contributed by atoms with Crippen molar-refractivity contribution in [2.75, 3.05) is 0 Å². The Morgan fingerprint density at radius 2 is 1.76 bits per heavy atom. The Labute approximate surface area is 122 Å². The van der Waals surface area contributed by atoms with Crippen molar-refractivity contribution in [2.24, 2.45) is 4.99 Å². The van der Waals surface area contributed by atoms with Crippen molar-refractivity contribution < 1.29 is 10.0 Å². The van der Waals surface area contributed by atoms with E-state index < -0.39 is 4.92 Å². The minimum atomic E-state index is -0.501. The first-order valence-electron chi connectivity index (χ1n) is 6.48. The second kappa shape index (κ2) is 5.75. The summed E-state index contributed by atoms with van der Waals surface area (Å²) in [6, 6.07) is 7.90. The summed E-state index contributed by atoms with van der Waals surface area (Å²) in [5.74, 6) is -0.0354. The third-order valence-electron chi connectivity index (χ3n) is 3.19. The molecule has 5 heteroatoms. The number of benzene rings is 2. The number of hydrogen-bond donors (Lipinski definition) is 1. The van der Waals surface area contributed by atoms with Gasteiger partial charge in [0.25, 0.3) is 5.69 Å². The number of aryl methyl sites for hydroxylation is 3. The predicted molar refractivity (Wildman–Crippen MR) is 82.7 cm³/mol. The lowest BCUT2D eigenvalue weighted by molar-refractivity contribution is -0.384. The maximum absolute atomic E-state index is 10.8. The molecule has 108 valence electrons. The third-order valence-corrected chi connectivity index (χ3v) is 3.19. The molecule has 21 heavy (non-hydrogen) atoms. The van der Waals surface area contributed by atoms with E-state index in [0.29, 0.717) is 5.56 Å². The molecule has 0 aliphatic heterocycles. The Morgan fingerprint density at radius 3 is 2.33 bits per heavy atom. The fraction of sp³-hybridized carbons (Fsp3) is 0.188. The summed E-state index contributed by atoms with van der Waals surface area (Å²) in [6.07, 6.45) is 1.45. The number of hydrogen-bond acceptors (Lipinski definition) is 4. The molecule has 0 amide bonds. The second-order valence-corrected chi connectivity index (χ2v) is 5.01. The summed E-state index contributed by atoms with van der Waals surface area (Å²) in [6.45, 7) is 5.93. The minimum Gasteiger partial charge on any atom is -0.507 e. The maximum Gasteiger partial charge on any atom is 0.270 e. The van der Waals surface area contributed by atoms with E-state index in [0.717, 1.165) is 22.4 Å². The summed E-state index contributed by atoms with van der Waals surface area (Å²) < 4.78 is 0. The van der Waals surface area contributed by atoms with Crippen molar-refractivity contribution in [2.45, 2.75) is 20.8 Å². The Hall–Kier alpha value is -2.69. The van der Waals surface area contributed by atoms with Crippen LogP contribution in [0.15, 0.2) is 35.3 Å². The maximum atomic E-state index is 10.8. The van der Waals surface area contributed by atoms with Crippen LogP contribution in [0.5, 0.6) is 5.75 Å². The van der Waals surface area contributed by atoms with Crippen molar-refractivity contribution in [1.29, 1.82) is 0 Å². The Morgan fingerprint density at radius 1 is 1.14 bits per heavy atom. The number of rotatable bonds is 3. The summed E-state index contributed by atoms with van der Waals surface area (Å²) in [7, 11) is 0. The first-order chi connectivity index (χ1) is 9.88. The zero-order valence-corrected chi connectivity index (χ0v) is 12.1. The van der Waals surface area contributed by atoms with Crippen LogP contribution in [0.25, 0.3) is 0 Å². The molecule has 0 aliphatic carbocycles. The Bertz CT molecular complexity index is 713. The normalized spacial score (nSPS) is 11.0. The van der Waals surface area contributed by atoms with Gasteiger partial charge in [0.15, 0.2) is 0 Å². The van der Waals surface area contributed by atoms with E-state index >= 15 is 0 Å². The van der Waals surface area contributed by atoms with E-state index in [1.807, 2.05) is 32.9 Å². The topological polar surface area (TPSA) is 75.7 Å². The largest absolute Gasteiger partial charge is 0.507 e. The zero-order chi connectivity index (χ0) is 15.6. The fourth-order valence-corrected chi connectivity index (χ4v) is 2.27. The quantitative estimate of drug-likeness (QED) is 0.526. The van der Waals surface area contributed by atoms with Gasteiger partial charge in [-0.25, -0.2) is 0 Å². The van der Waals surface area contributed by atoms with Crippen LogP contribution < -0.4 is 0 Å². The predicted octanol–water partition coefficient (Wildman–Crippen LogP) is 3.98. The first-order valence-corrected chi connectivity index (χ1v) is 6.48. The SMILES string of the molecule is Cc1cc(C)c(N=Cc2cc([N+](=O)[O-])ccc2O)c(C)c1. The first kappa shape index (κ1) is 14.7. The summed E-state index contributed by atoms with van der Waals surface area (Å²) in [5, 5.41) is 20.5. The van der Waals surface area contributed by atoms with E-state index in [2.05, 4.69) is 4.99 Å². The van der Waals surface area contributed by atoms with Crippen LogP contribution in [0, 0.1) is 30.9 Å². The van der Waals surface area contributed by atoms with Gasteiger partial charge in [-0.3, -0.25) is 15.1 Å². The second-order valence-electron chi connectivity index (χ2n) is 5.01. The van der Waals surface area contributed by atoms with Crippen LogP contribution >= 0.6 is 0 Å². The highest BCUT2D eigenvalue weighted by molar-refractivity contribution is 5.87. The van der Waals surface area contributed by atoms with E-state index in [4.69, 9.17) is 0 Å². The Kier molecular flexibility index (Phi) is 4.03. The van der Waals surface area contributed by atoms with Crippen molar-refractivity contribution in [3.63, 3.8) is 0 Å². The average Bonchev–Trinajstić information content (AvgIpc) is 2.39. The molecule has 0 atom stereocenters. The number of aliphatic imine (C=N–C) groups is 1. The minimum absolute atomic E-state index is 0.0354. The molecule has 0 unspecified atom stereocenters. The molecule has 0 aromatic heterocycles. The van der Waals surface area contributed by atoms with Gasteiger partial charge < -0.3 is 5.11 Å². The number of phenolic OH excluding ortho intramolecular Hbond substituents is 1. The standard InChI is InChI=1S/C16H16N2O3/c1-10-6-11(2)16(12(3)7-10)17-9-13-8-14(18(20)21)4-5-15(13)19/h4-9,19H,1-3H3. The molecule has 1 N–H and O–H groups in total. The number of phenols is 1. The van der Waals surface area contributed by atoms with Gasteiger partial charge in [0.2, 0.25) is 0 Å². The van der Waals surface area contributed by atoms with Crippen molar-refractivity contribution >= 4 is 17.6 Å². The van der Waals surface area contributed by atoms with Crippen LogP contribution in [0.4, 0.5) is 11.4 Å². The molecular formula is C16H16N2O3. The summed E-state index contributed by atoms with van der Waals surface area (Å²) >= 11 is 0. The molecule has 0 radical (unpaired) electrons. The van der Waals surface area contributed by atoms with Crippen molar-refractivity contribution in [1.82, 2.24) is 0 Å². The molecular weight excluding hydrogens is 268 g/mol. The van der Waals surface area contributed by atoms with Gasteiger partial charge in [0.05, 0.1) is 10.6 Å². The van der Waals surface area contributed by atoms with Gasteiger partial charge in [-0.05, 0) is 38.0 Å². The molecule has 0 aliphatic rings. The molecule has 5 nitrogen and oxygen atoms in total. The smallest absolute Gasteiger partial charge is 0.270 e. The van der Waals surface area contributed by atoms with Crippen molar-refractivity contribution in [3.05, 3.63) is 62.7 Å². The molecule has 0 heterocycles. The molecule has 2 aromatic rings. The number of non-ortho nitro benzene ring substituents is 1. The van der Waals surface area contributed by atoms with Gasteiger partial charge in [0.1, 0.15) is 5.75 Å². The van der Waals surface area contributed by atoms with Gasteiger partial charge in [-0.15, -0.1) is 0 Å². The summed E-state index contributed by atoms with van der Waals surface area (Å²) in [5.41, 5.74) is 4.26.